The second kappa shape index (κ2) is 5.48. The number of carboxylic acids is 1. The molecular weight excluding hydrogens is 270 g/mol. The van der Waals surface area contributed by atoms with Crippen molar-refractivity contribution in [3.05, 3.63) is 35.4 Å². The summed E-state index contributed by atoms with van der Waals surface area (Å²) in [6.45, 7) is 2.89. The van der Waals surface area contributed by atoms with Crippen LogP contribution in [-0.2, 0) is 20.7 Å². The minimum Gasteiger partial charge on any atom is -0.481 e. The predicted molar refractivity (Wildman–Crippen MR) is 76.0 cm³/mol. The van der Waals surface area contributed by atoms with E-state index in [0.29, 0.717) is 13.2 Å². The molecule has 21 heavy (non-hydrogen) atoms. The van der Waals surface area contributed by atoms with E-state index in [1.165, 1.54) is 5.56 Å². The summed E-state index contributed by atoms with van der Waals surface area (Å²) < 4.78 is 5.29. The van der Waals surface area contributed by atoms with Gasteiger partial charge in [-0.3, -0.25) is 9.59 Å². The Hall–Kier alpha value is -1.88. The average molecular weight is 289 g/mol. The van der Waals surface area contributed by atoms with Gasteiger partial charge in [0.1, 0.15) is 5.92 Å². The Bertz CT molecular complexity index is 571. The predicted octanol–water partition coefficient (Wildman–Crippen LogP) is 1.27. The third-order valence-electron chi connectivity index (χ3n) is 4.54. The fourth-order valence-electron chi connectivity index (χ4n) is 3.32. The van der Waals surface area contributed by atoms with Gasteiger partial charge >= 0.3 is 5.97 Å². The third-order valence-corrected chi connectivity index (χ3v) is 4.54. The lowest BCUT2D eigenvalue weighted by molar-refractivity contribution is -0.145. The lowest BCUT2D eigenvalue weighted by atomic mass is 9.76. The lowest BCUT2D eigenvalue weighted by Gasteiger charge is -2.37. The zero-order chi connectivity index (χ0) is 15.0. The van der Waals surface area contributed by atoms with Crippen LogP contribution in [-0.4, -0.2) is 47.7 Å². The van der Waals surface area contributed by atoms with Gasteiger partial charge in [0.25, 0.3) is 0 Å². The summed E-state index contributed by atoms with van der Waals surface area (Å²) in [6, 6.07) is 7.58. The number of ether oxygens (including phenoxy) is 1. The molecule has 112 valence electrons. The molecule has 1 aliphatic carbocycles. The Labute approximate surface area is 123 Å². The molecule has 3 rings (SSSR count). The number of carbonyl (C=O) groups is 2. The Morgan fingerprint density at radius 1 is 1.33 bits per heavy atom. The first-order valence-corrected chi connectivity index (χ1v) is 7.32. The first-order valence-electron chi connectivity index (χ1n) is 7.32. The van der Waals surface area contributed by atoms with Crippen molar-refractivity contribution in [2.45, 2.75) is 25.3 Å². The van der Waals surface area contributed by atoms with E-state index >= 15 is 0 Å². The Morgan fingerprint density at radius 3 is 2.76 bits per heavy atom. The molecule has 0 radical (unpaired) electrons. The molecule has 5 heteroatoms. The van der Waals surface area contributed by atoms with Crippen molar-refractivity contribution in [2.75, 3.05) is 19.8 Å². The van der Waals surface area contributed by atoms with E-state index < -0.39 is 11.9 Å². The highest BCUT2D eigenvalue weighted by Crippen LogP contribution is 2.37. The van der Waals surface area contributed by atoms with Crippen LogP contribution in [0, 0.1) is 5.92 Å². The van der Waals surface area contributed by atoms with Crippen molar-refractivity contribution in [2.24, 2.45) is 5.92 Å². The van der Waals surface area contributed by atoms with Gasteiger partial charge in [-0.2, -0.15) is 0 Å². The molecule has 5 nitrogen and oxygen atoms in total. The fourth-order valence-corrected chi connectivity index (χ4v) is 3.32. The van der Waals surface area contributed by atoms with Crippen LogP contribution in [0.2, 0.25) is 0 Å². The van der Waals surface area contributed by atoms with Gasteiger partial charge in [-0.15, -0.1) is 0 Å². The summed E-state index contributed by atoms with van der Waals surface area (Å²) in [5.74, 6) is -1.61. The number of fused-ring (bicyclic) bond motifs is 1. The zero-order valence-electron chi connectivity index (χ0n) is 12.0. The molecule has 3 atom stereocenters. The van der Waals surface area contributed by atoms with Crippen LogP contribution in [0.5, 0.6) is 0 Å². The Kier molecular flexibility index (Phi) is 3.68. The number of nitrogens with zero attached hydrogens (tertiary/aromatic N) is 1. The second-order valence-electron chi connectivity index (χ2n) is 5.63. The molecule has 1 amide bonds. The summed E-state index contributed by atoms with van der Waals surface area (Å²) in [7, 11) is 0. The zero-order valence-corrected chi connectivity index (χ0v) is 12.0. The largest absolute Gasteiger partial charge is 0.481 e. The number of benzene rings is 1. The van der Waals surface area contributed by atoms with Gasteiger partial charge < -0.3 is 14.7 Å². The number of carbonyl (C=O) groups excluding carboxylic acids is 1. The highest BCUT2D eigenvalue weighted by molar-refractivity contribution is 5.87. The van der Waals surface area contributed by atoms with Crippen molar-refractivity contribution in [1.82, 2.24) is 4.90 Å². The molecular formula is C16H19NO4. The van der Waals surface area contributed by atoms with E-state index in [4.69, 9.17) is 4.74 Å². The molecule has 1 aromatic rings. The SMILES string of the molecule is CCN(C(=O)C1Cc2ccccc21)C1COCC1C(=O)O. The highest BCUT2D eigenvalue weighted by Gasteiger charge is 2.43. The number of rotatable bonds is 4. The van der Waals surface area contributed by atoms with Gasteiger partial charge in [-0.05, 0) is 24.5 Å². The molecule has 1 saturated heterocycles. The highest BCUT2D eigenvalue weighted by atomic mass is 16.5. The van der Waals surface area contributed by atoms with Crippen LogP contribution in [0.25, 0.3) is 0 Å². The van der Waals surface area contributed by atoms with Crippen LogP contribution in [0.4, 0.5) is 0 Å². The topological polar surface area (TPSA) is 66.8 Å². The van der Waals surface area contributed by atoms with Crippen LogP contribution >= 0.6 is 0 Å². The van der Waals surface area contributed by atoms with Crippen molar-refractivity contribution in [3.8, 4) is 0 Å². The van der Waals surface area contributed by atoms with Crippen molar-refractivity contribution < 1.29 is 19.4 Å². The maximum Gasteiger partial charge on any atom is 0.311 e. The smallest absolute Gasteiger partial charge is 0.311 e. The minimum atomic E-state index is -0.891. The summed E-state index contributed by atoms with van der Waals surface area (Å²) in [5, 5.41) is 9.26. The Morgan fingerprint density at radius 2 is 2.10 bits per heavy atom. The molecule has 0 spiro atoms. The van der Waals surface area contributed by atoms with Crippen LogP contribution in [0.3, 0.4) is 0 Å². The minimum absolute atomic E-state index is 0.0259. The van der Waals surface area contributed by atoms with Crippen LogP contribution in [0.1, 0.15) is 24.0 Å². The molecule has 1 fully saturated rings. The van der Waals surface area contributed by atoms with Crippen LogP contribution in [0.15, 0.2) is 24.3 Å². The maximum atomic E-state index is 12.8. The van der Waals surface area contributed by atoms with E-state index in [0.717, 1.165) is 12.0 Å². The fraction of sp³-hybridized carbons (Fsp3) is 0.500. The first-order chi connectivity index (χ1) is 10.1. The van der Waals surface area contributed by atoms with E-state index in [2.05, 4.69) is 0 Å². The summed E-state index contributed by atoms with van der Waals surface area (Å²) in [4.78, 5) is 25.7. The number of likely N-dealkylation sites (N-methyl/N-ethyl adjacent to an activating group) is 1. The van der Waals surface area contributed by atoms with E-state index in [1.807, 2.05) is 31.2 Å². The van der Waals surface area contributed by atoms with Gasteiger partial charge in [0, 0.05) is 6.54 Å². The van der Waals surface area contributed by atoms with Gasteiger partial charge in [-0.1, -0.05) is 24.3 Å². The van der Waals surface area contributed by atoms with Crippen molar-refractivity contribution in [1.29, 1.82) is 0 Å². The molecule has 0 bridgehead atoms. The standard InChI is InChI=1S/C16H19NO4/c1-2-17(14-9-21-8-13(14)16(19)20)15(18)12-7-10-5-3-4-6-11(10)12/h3-6,12-14H,2,7-9H2,1H3,(H,19,20). The summed E-state index contributed by atoms with van der Waals surface area (Å²) >= 11 is 0. The van der Waals surface area contributed by atoms with Crippen LogP contribution < -0.4 is 0 Å². The second-order valence-corrected chi connectivity index (χ2v) is 5.63. The van der Waals surface area contributed by atoms with E-state index in [-0.39, 0.29) is 24.5 Å². The molecule has 0 saturated carbocycles. The summed E-state index contributed by atoms with van der Waals surface area (Å²) in [6.07, 6.45) is 0.747. The van der Waals surface area contributed by atoms with Gasteiger partial charge in [0.2, 0.25) is 5.91 Å². The molecule has 2 aliphatic rings. The number of aliphatic carboxylic acids is 1. The van der Waals surface area contributed by atoms with Gasteiger partial charge in [0.15, 0.2) is 0 Å². The molecule has 3 unspecified atom stereocenters. The Balaban J connectivity index is 1.78. The summed E-state index contributed by atoms with van der Waals surface area (Å²) in [5.41, 5.74) is 2.29. The first kappa shape index (κ1) is 14.1. The van der Waals surface area contributed by atoms with Crippen molar-refractivity contribution >= 4 is 11.9 Å². The quantitative estimate of drug-likeness (QED) is 0.906. The molecule has 1 heterocycles. The van der Waals surface area contributed by atoms with E-state index in [1.54, 1.807) is 4.90 Å². The number of carboxylic acid groups (broad SMARTS) is 1. The maximum absolute atomic E-state index is 12.8. The third kappa shape index (κ3) is 2.31. The average Bonchev–Trinajstić information content (AvgIpc) is 2.90. The number of hydrogen-bond acceptors (Lipinski definition) is 3. The number of amides is 1. The van der Waals surface area contributed by atoms with Gasteiger partial charge in [-0.25, -0.2) is 0 Å². The lowest BCUT2D eigenvalue weighted by Crippen LogP contribution is -2.49. The van der Waals surface area contributed by atoms with Crippen molar-refractivity contribution in [3.63, 3.8) is 0 Å². The number of hydrogen-bond donors (Lipinski definition) is 1. The van der Waals surface area contributed by atoms with Gasteiger partial charge in [0.05, 0.1) is 25.2 Å². The normalized spacial score (nSPS) is 26.8. The molecule has 0 aromatic heterocycles. The molecule has 1 aromatic carbocycles. The molecule has 1 N–H and O–H groups in total. The van der Waals surface area contributed by atoms with E-state index in [9.17, 15) is 14.7 Å². The monoisotopic (exact) mass is 289 g/mol. The molecule has 1 aliphatic heterocycles.